The molecule has 0 spiro atoms. The highest BCUT2D eigenvalue weighted by atomic mass is 79.9. The largest absolute Gasteiger partial charge is 0.197 e. The topological polar surface area (TPSA) is 23.8 Å². The van der Waals surface area contributed by atoms with Crippen LogP contribution in [0.1, 0.15) is 18.4 Å². The van der Waals surface area contributed by atoms with E-state index in [4.69, 9.17) is 0 Å². The van der Waals surface area contributed by atoms with Crippen molar-refractivity contribution in [3.8, 4) is 6.07 Å². The molecule has 0 bridgehead atoms. The molecule has 0 saturated heterocycles. The SMILES string of the molecule is C=C1CC(C#N)(c2cccc(Br)c2)C1. The number of nitrogens with zero attached hydrogens (tertiary/aromatic N) is 1. The Balaban J connectivity index is 2.39. The molecule has 2 heteroatoms. The molecule has 0 unspecified atom stereocenters. The Morgan fingerprint density at radius 2 is 2.14 bits per heavy atom. The summed E-state index contributed by atoms with van der Waals surface area (Å²) in [7, 11) is 0. The van der Waals surface area contributed by atoms with Gasteiger partial charge < -0.3 is 0 Å². The Labute approximate surface area is 92.2 Å². The molecule has 0 aliphatic heterocycles. The zero-order chi connectivity index (χ0) is 10.2. The maximum atomic E-state index is 9.19. The normalized spacial score (nSPS) is 18.4. The quantitative estimate of drug-likeness (QED) is 0.697. The van der Waals surface area contributed by atoms with Crippen molar-refractivity contribution in [1.82, 2.24) is 0 Å². The molecule has 0 N–H and O–H groups in total. The first-order valence-electron chi connectivity index (χ1n) is 4.50. The summed E-state index contributed by atoms with van der Waals surface area (Å²) in [5.74, 6) is 0. The van der Waals surface area contributed by atoms with Crippen LogP contribution in [0.3, 0.4) is 0 Å². The van der Waals surface area contributed by atoms with Crippen LogP contribution in [-0.4, -0.2) is 0 Å². The van der Waals surface area contributed by atoms with Crippen LogP contribution in [0.2, 0.25) is 0 Å². The van der Waals surface area contributed by atoms with E-state index in [0.717, 1.165) is 22.9 Å². The minimum atomic E-state index is -0.305. The number of benzene rings is 1. The van der Waals surface area contributed by atoms with Gasteiger partial charge in [0.25, 0.3) is 0 Å². The molecule has 1 aromatic carbocycles. The van der Waals surface area contributed by atoms with Crippen LogP contribution < -0.4 is 0 Å². The molecule has 0 heterocycles. The Morgan fingerprint density at radius 1 is 1.43 bits per heavy atom. The van der Waals surface area contributed by atoms with E-state index in [1.165, 1.54) is 5.57 Å². The lowest BCUT2D eigenvalue weighted by molar-refractivity contribution is 0.433. The molecule has 1 nitrogen and oxygen atoms in total. The lowest BCUT2D eigenvalue weighted by Crippen LogP contribution is -2.34. The van der Waals surface area contributed by atoms with E-state index in [1.807, 2.05) is 24.3 Å². The molecule has 1 saturated carbocycles. The summed E-state index contributed by atoms with van der Waals surface area (Å²) < 4.78 is 1.03. The standard InChI is InChI=1S/C12H10BrN/c1-9-6-12(7-9,8-14)10-3-2-4-11(13)5-10/h2-5H,1,6-7H2. The van der Waals surface area contributed by atoms with Crippen molar-refractivity contribution in [3.05, 3.63) is 46.5 Å². The summed E-state index contributed by atoms with van der Waals surface area (Å²) in [5, 5.41) is 9.19. The zero-order valence-corrected chi connectivity index (χ0v) is 9.34. The minimum Gasteiger partial charge on any atom is -0.197 e. The maximum Gasteiger partial charge on any atom is 0.0896 e. The maximum absolute atomic E-state index is 9.19. The molecule has 0 radical (unpaired) electrons. The second-order valence-corrected chi connectivity index (χ2v) is 4.72. The van der Waals surface area contributed by atoms with Gasteiger partial charge in [0.05, 0.1) is 11.5 Å². The Hall–Kier alpha value is -1.07. The van der Waals surface area contributed by atoms with E-state index in [-0.39, 0.29) is 5.41 Å². The van der Waals surface area contributed by atoms with Crippen molar-refractivity contribution in [2.75, 3.05) is 0 Å². The molecular formula is C12H10BrN. The Kier molecular flexibility index (Phi) is 2.20. The Morgan fingerprint density at radius 3 is 2.64 bits per heavy atom. The van der Waals surface area contributed by atoms with Crippen molar-refractivity contribution in [3.63, 3.8) is 0 Å². The van der Waals surface area contributed by atoms with Crippen LogP contribution in [0.5, 0.6) is 0 Å². The second kappa shape index (κ2) is 3.25. The number of allylic oxidation sites excluding steroid dienone is 1. The van der Waals surface area contributed by atoms with Crippen LogP contribution in [0.15, 0.2) is 40.9 Å². The van der Waals surface area contributed by atoms with Gasteiger partial charge in [-0.25, -0.2) is 0 Å². The molecule has 14 heavy (non-hydrogen) atoms. The summed E-state index contributed by atoms with van der Waals surface area (Å²) in [6.45, 7) is 3.89. The van der Waals surface area contributed by atoms with E-state index in [9.17, 15) is 5.26 Å². The van der Waals surface area contributed by atoms with Gasteiger partial charge in [-0.2, -0.15) is 5.26 Å². The highest BCUT2D eigenvalue weighted by molar-refractivity contribution is 9.10. The third-order valence-electron chi connectivity index (χ3n) is 2.69. The van der Waals surface area contributed by atoms with E-state index in [0.29, 0.717) is 0 Å². The van der Waals surface area contributed by atoms with Gasteiger partial charge in [0.2, 0.25) is 0 Å². The number of nitriles is 1. The fourth-order valence-electron chi connectivity index (χ4n) is 1.94. The van der Waals surface area contributed by atoms with Crippen LogP contribution in [-0.2, 0) is 5.41 Å². The van der Waals surface area contributed by atoms with Crippen LogP contribution in [0, 0.1) is 11.3 Å². The van der Waals surface area contributed by atoms with Gasteiger partial charge in [0, 0.05) is 4.47 Å². The van der Waals surface area contributed by atoms with Gasteiger partial charge in [-0.3, -0.25) is 0 Å². The number of hydrogen-bond donors (Lipinski definition) is 0. The number of rotatable bonds is 1. The summed E-state index contributed by atoms with van der Waals surface area (Å²) >= 11 is 3.42. The number of halogens is 1. The van der Waals surface area contributed by atoms with Crippen molar-refractivity contribution >= 4 is 15.9 Å². The lowest BCUT2D eigenvalue weighted by atomic mass is 9.63. The van der Waals surface area contributed by atoms with Crippen LogP contribution in [0.4, 0.5) is 0 Å². The van der Waals surface area contributed by atoms with Gasteiger partial charge in [0.15, 0.2) is 0 Å². The van der Waals surface area contributed by atoms with Crippen molar-refractivity contribution < 1.29 is 0 Å². The van der Waals surface area contributed by atoms with E-state index >= 15 is 0 Å². The highest BCUT2D eigenvalue weighted by Crippen LogP contribution is 2.46. The van der Waals surface area contributed by atoms with E-state index in [2.05, 4.69) is 28.6 Å². The molecule has 70 valence electrons. The van der Waals surface area contributed by atoms with Gasteiger partial charge in [-0.1, -0.05) is 40.2 Å². The predicted octanol–water partition coefficient (Wildman–Crippen LogP) is 3.56. The number of hydrogen-bond acceptors (Lipinski definition) is 1. The lowest BCUT2D eigenvalue weighted by Gasteiger charge is -2.37. The average Bonchev–Trinajstić information content (AvgIpc) is 2.12. The van der Waals surface area contributed by atoms with Gasteiger partial charge in [0.1, 0.15) is 0 Å². The molecule has 1 aromatic rings. The monoisotopic (exact) mass is 247 g/mol. The van der Waals surface area contributed by atoms with Crippen molar-refractivity contribution in [1.29, 1.82) is 5.26 Å². The zero-order valence-electron chi connectivity index (χ0n) is 7.76. The van der Waals surface area contributed by atoms with Crippen molar-refractivity contribution in [2.45, 2.75) is 18.3 Å². The van der Waals surface area contributed by atoms with Crippen molar-refractivity contribution in [2.24, 2.45) is 0 Å². The second-order valence-electron chi connectivity index (χ2n) is 3.81. The average molecular weight is 248 g/mol. The van der Waals surface area contributed by atoms with Gasteiger partial charge in [-0.15, -0.1) is 0 Å². The molecule has 2 rings (SSSR count). The molecule has 1 aliphatic carbocycles. The first kappa shape index (κ1) is 9.48. The summed E-state index contributed by atoms with van der Waals surface area (Å²) in [4.78, 5) is 0. The van der Waals surface area contributed by atoms with Gasteiger partial charge >= 0.3 is 0 Å². The molecular weight excluding hydrogens is 238 g/mol. The molecule has 0 aromatic heterocycles. The fourth-order valence-corrected chi connectivity index (χ4v) is 2.33. The highest BCUT2D eigenvalue weighted by Gasteiger charge is 2.41. The van der Waals surface area contributed by atoms with E-state index < -0.39 is 0 Å². The smallest absolute Gasteiger partial charge is 0.0896 e. The van der Waals surface area contributed by atoms with Gasteiger partial charge in [-0.05, 0) is 30.5 Å². The Bertz CT molecular complexity index is 420. The molecule has 1 aliphatic rings. The molecule has 0 amide bonds. The summed E-state index contributed by atoms with van der Waals surface area (Å²) in [5.41, 5.74) is 1.97. The summed E-state index contributed by atoms with van der Waals surface area (Å²) in [6.07, 6.45) is 1.61. The minimum absolute atomic E-state index is 0.305. The van der Waals surface area contributed by atoms with E-state index in [1.54, 1.807) is 0 Å². The molecule has 1 fully saturated rings. The predicted molar refractivity (Wildman–Crippen MR) is 59.8 cm³/mol. The first-order chi connectivity index (χ1) is 6.66. The first-order valence-corrected chi connectivity index (χ1v) is 5.29. The van der Waals surface area contributed by atoms with Crippen LogP contribution >= 0.6 is 15.9 Å². The fraction of sp³-hybridized carbons (Fsp3) is 0.250. The summed E-state index contributed by atoms with van der Waals surface area (Å²) in [6, 6.07) is 10.4. The molecule has 0 atom stereocenters. The third kappa shape index (κ3) is 1.38. The van der Waals surface area contributed by atoms with Crippen LogP contribution in [0.25, 0.3) is 0 Å². The third-order valence-corrected chi connectivity index (χ3v) is 3.19.